The molecular weight excluding hydrogens is 651 g/mol. The Morgan fingerprint density at radius 3 is 1.90 bits per heavy atom. The molecule has 8 aromatic rings. The molecule has 3 heteroatoms. The Morgan fingerprint density at radius 1 is 0.490 bits per heavy atom. The summed E-state index contributed by atoms with van der Waals surface area (Å²) in [6, 6.07) is 66.3. The number of anilines is 2. The van der Waals surface area contributed by atoms with Crippen LogP contribution in [0.5, 0.6) is 0 Å². The molecule has 2 unspecified atom stereocenters. The fourth-order valence-electron chi connectivity index (χ4n) is 8.73. The van der Waals surface area contributed by atoms with Crippen LogP contribution in [0.1, 0.15) is 11.5 Å². The molecule has 0 spiro atoms. The second kappa shape index (κ2) is 12.2. The van der Waals surface area contributed by atoms with Crippen LogP contribution in [-0.4, -0.2) is 14.1 Å². The Balaban J connectivity index is 1.20. The molecule has 0 amide bonds. The highest BCUT2D eigenvalue weighted by atomic mass is 32.1. The second-order valence-corrected chi connectivity index (χ2v) is 18.4. The van der Waals surface area contributed by atoms with Gasteiger partial charge in [0.2, 0.25) is 0 Å². The molecule has 0 radical (unpaired) electrons. The zero-order valence-electron chi connectivity index (χ0n) is 28.1. The minimum Gasteiger partial charge on any atom is -0.333 e. The van der Waals surface area contributed by atoms with Crippen molar-refractivity contribution in [3.63, 3.8) is 0 Å². The van der Waals surface area contributed by atoms with E-state index in [0.29, 0.717) is 5.92 Å². The summed E-state index contributed by atoms with van der Waals surface area (Å²) in [5.41, 5.74) is 6.43. The van der Waals surface area contributed by atoms with Crippen molar-refractivity contribution >= 4 is 71.7 Å². The smallest absolute Gasteiger partial charge is 0.181 e. The molecule has 2 atom stereocenters. The lowest BCUT2D eigenvalue weighted by atomic mass is 9.90. The molecule has 0 N–H and O–H groups in total. The van der Waals surface area contributed by atoms with Gasteiger partial charge in [0, 0.05) is 37.5 Å². The number of nitrogens with zero attached hydrogens (tertiary/aromatic N) is 1. The maximum absolute atomic E-state index is 2.81. The molecular formula is C48H35NSSi. The molecule has 1 aliphatic heterocycles. The normalized spacial score (nSPS) is 16.4. The van der Waals surface area contributed by atoms with Crippen LogP contribution in [0, 0.1) is 0 Å². The fraction of sp³-hybridized carbons (Fsp3) is 0.0417. The van der Waals surface area contributed by atoms with Gasteiger partial charge in [-0.05, 0) is 67.8 Å². The second-order valence-electron chi connectivity index (χ2n) is 13.6. The summed E-state index contributed by atoms with van der Waals surface area (Å²) in [6.45, 7) is 0. The van der Waals surface area contributed by atoms with Crippen molar-refractivity contribution in [1.82, 2.24) is 0 Å². The Labute approximate surface area is 304 Å². The molecule has 2 aliphatic rings. The van der Waals surface area contributed by atoms with Gasteiger partial charge in [0.1, 0.15) is 0 Å². The first-order valence-electron chi connectivity index (χ1n) is 17.8. The van der Waals surface area contributed by atoms with Crippen LogP contribution in [0.3, 0.4) is 0 Å². The standard InChI is InChI=1S/C48H35NSSi/c1-4-17-36(18-5-1)49-44-27-12-10-24-40(44)43-33-35(30-31-45(43)49)34-16-14-23-39(32-34)51(37-19-6-2-7-20-37,38-21-8-3-9-22-38)47-29-15-26-42-41-25-11-13-28-46(41)50-48(42)47/h1-33,40,44H. The van der Waals surface area contributed by atoms with E-state index in [2.05, 4.69) is 205 Å². The van der Waals surface area contributed by atoms with Crippen LogP contribution in [0.15, 0.2) is 200 Å². The fourth-order valence-corrected chi connectivity index (χ4v) is 15.3. The lowest BCUT2D eigenvalue weighted by molar-refractivity contribution is 0.745. The van der Waals surface area contributed by atoms with E-state index in [1.165, 1.54) is 69.0 Å². The monoisotopic (exact) mass is 685 g/mol. The zero-order chi connectivity index (χ0) is 33.8. The van der Waals surface area contributed by atoms with Gasteiger partial charge >= 0.3 is 0 Å². The van der Waals surface area contributed by atoms with Gasteiger partial charge in [-0.25, -0.2) is 0 Å². The Kier molecular flexibility index (Phi) is 7.23. The van der Waals surface area contributed by atoms with Crippen molar-refractivity contribution < 1.29 is 0 Å². The molecule has 51 heavy (non-hydrogen) atoms. The lowest BCUT2D eigenvalue weighted by Crippen LogP contribution is -2.74. The Morgan fingerprint density at radius 2 is 1.12 bits per heavy atom. The topological polar surface area (TPSA) is 3.24 Å². The number of benzene rings is 7. The van der Waals surface area contributed by atoms with E-state index >= 15 is 0 Å². The van der Waals surface area contributed by atoms with Gasteiger partial charge in [0.05, 0.1) is 6.04 Å². The first-order chi connectivity index (χ1) is 25.3. The first kappa shape index (κ1) is 30.1. The van der Waals surface area contributed by atoms with E-state index in [-0.39, 0.29) is 6.04 Å². The number of allylic oxidation sites excluding steroid dienone is 2. The molecule has 1 nitrogen and oxygen atoms in total. The highest BCUT2D eigenvalue weighted by molar-refractivity contribution is 7.30. The van der Waals surface area contributed by atoms with Gasteiger partial charge < -0.3 is 4.90 Å². The molecule has 7 aromatic carbocycles. The molecule has 0 saturated carbocycles. The van der Waals surface area contributed by atoms with Gasteiger partial charge in [0.25, 0.3) is 0 Å². The van der Waals surface area contributed by atoms with Crippen molar-refractivity contribution in [1.29, 1.82) is 0 Å². The SMILES string of the molecule is C1=CC2c3cc(-c4cccc([Si](c5ccccc5)(c5ccccc5)c5cccc6c5sc5ccccc56)c4)ccc3N(c3ccccc3)C2C=C1. The summed E-state index contributed by atoms with van der Waals surface area (Å²) in [6.07, 6.45) is 9.14. The van der Waals surface area contributed by atoms with Crippen LogP contribution in [0.25, 0.3) is 31.3 Å². The summed E-state index contributed by atoms with van der Waals surface area (Å²) in [5.74, 6) is 0.306. The third-order valence-corrected chi connectivity index (χ3v) is 17.1. The summed E-state index contributed by atoms with van der Waals surface area (Å²) in [5, 5.41) is 8.32. The maximum atomic E-state index is 2.51. The summed E-state index contributed by atoms with van der Waals surface area (Å²) < 4.78 is 2.73. The largest absolute Gasteiger partial charge is 0.333 e. The molecule has 1 aromatic heterocycles. The van der Waals surface area contributed by atoms with E-state index in [9.17, 15) is 0 Å². The summed E-state index contributed by atoms with van der Waals surface area (Å²) in [7, 11) is -2.81. The van der Waals surface area contributed by atoms with Crippen molar-refractivity contribution in [3.8, 4) is 11.1 Å². The highest BCUT2D eigenvalue weighted by Gasteiger charge is 2.43. The number of rotatable bonds is 6. The van der Waals surface area contributed by atoms with E-state index < -0.39 is 8.07 Å². The first-order valence-corrected chi connectivity index (χ1v) is 20.6. The molecule has 1 aliphatic carbocycles. The Bertz CT molecular complexity index is 2560. The number of hydrogen-bond acceptors (Lipinski definition) is 2. The van der Waals surface area contributed by atoms with Gasteiger partial charge in [-0.15, -0.1) is 11.3 Å². The molecule has 2 heterocycles. The average molecular weight is 686 g/mol. The van der Waals surface area contributed by atoms with Gasteiger partial charge in [-0.3, -0.25) is 0 Å². The van der Waals surface area contributed by atoms with Gasteiger partial charge in [-0.2, -0.15) is 0 Å². The van der Waals surface area contributed by atoms with Crippen LogP contribution in [-0.2, 0) is 0 Å². The number of hydrogen-bond donors (Lipinski definition) is 0. The number of fused-ring (bicyclic) bond motifs is 6. The predicted molar refractivity (Wildman–Crippen MR) is 222 cm³/mol. The van der Waals surface area contributed by atoms with Gasteiger partial charge in [0.15, 0.2) is 8.07 Å². The Hall–Kier alpha value is -5.74. The van der Waals surface area contributed by atoms with Crippen molar-refractivity contribution in [3.05, 3.63) is 206 Å². The summed E-state index contributed by atoms with van der Waals surface area (Å²) in [4.78, 5) is 2.51. The van der Waals surface area contributed by atoms with Crippen LogP contribution in [0.4, 0.5) is 11.4 Å². The van der Waals surface area contributed by atoms with Crippen molar-refractivity contribution in [2.24, 2.45) is 0 Å². The van der Waals surface area contributed by atoms with E-state index in [4.69, 9.17) is 0 Å². The van der Waals surface area contributed by atoms with Crippen LogP contribution >= 0.6 is 11.3 Å². The molecule has 242 valence electrons. The molecule has 0 bridgehead atoms. The minimum absolute atomic E-state index is 0.270. The molecule has 0 saturated heterocycles. The minimum atomic E-state index is -2.81. The third-order valence-electron chi connectivity index (χ3n) is 10.9. The lowest BCUT2D eigenvalue weighted by Gasteiger charge is -2.35. The van der Waals surface area contributed by atoms with Crippen LogP contribution < -0.4 is 25.6 Å². The third kappa shape index (κ3) is 4.73. The van der Waals surface area contributed by atoms with Gasteiger partial charge in [-0.1, -0.05) is 170 Å². The average Bonchev–Trinajstić information content (AvgIpc) is 3.76. The zero-order valence-corrected chi connectivity index (χ0v) is 29.9. The van der Waals surface area contributed by atoms with E-state index in [1.54, 1.807) is 0 Å². The summed E-state index contributed by atoms with van der Waals surface area (Å²) >= 11 is 1.94. The predicted octanol–water partition coefficient (Wildman–Crippen LogP) is 9.83. The number of thiophene rings is 1. The quantitative estimate of drug-likeness (QED) is 0.124. The van der Waals surface area contributed by atoms with E-state index in [1.807, 2.05) is 11.3 Å². The van der Waals surface area contributed by atoms with E-state index in [0.717, 1.165) is 0 Å². The van der Waals surface area contributed by atoms with Crippen molar-refractivity contribution in [2.75, 3.05) is 4.90 Å². The molecule has 0 fully saturated rings. The van der Waals surface area contributed by atoms with Crippen molar-refractivity contribution in [2.45, 2.75) is 12.0 Å². The van der Waals surface area contributed by atoms with Crippen LogP contribution in [0.2, 0.25) is 0 Å². The maximum Gasteiger partial charge on any atom is 0.181 e. The molecule has 10 rings (SSSR count). The number of para-hydroxylation sites is 1. The highest BCUT2D eigenvalue weighted by Crippen LogP contribution is 2.48.